The third kappa shape index (κ3) is 3.94. The van der Waals surface area contributed by atoms with Gasteiger partial charge in [-0.3, -0.25) is 9.10 Å². The van der Waals surface area contributed by atoms with Crippen molar-refractivity contribution in [2.75, 3.05) is 22.9 Å². The Balaban J connectivity index is 2.32. The van der Waals surface area contributed by atoms with E-state index in [4.69, 9.17) is 0 Å². The van der Waals surface area contributed by atoms with Crippen LogP contribution in [-0.4, -0.2) is 27.6 Å². The Morgan fingerprint density at radius 1 is 1.04 bits per heavy atom. The number of hydrogen-bond donors (Lipinski definition) is 1. The van der Waals surface area contributed by atoms with Gasteiger partial charge in [0.05, 0.1) is 11.9 Å². The normalized spacial score (nSPS) is 11.2. The van der Waals surface area contributed by atoms with Crippen LogP contribution in [0.2, 0.25) is 0 Å². The van der Waals surface area contributed by atoms with Crippen LogP contribution in [-0.2, 0) is 10.0 Å². The van der Waals surface area contributed by atoms with E-state index in [0.717, 1.165) is 32.9 Å². The maximum absolute atomic E-state index is 12.5. The summed E-state index contributed by atoms with van der Waals surface area (Å²) in [6, 6.07) is 10.6. The van der Waals surface area contributed by atoms with Crippen molar-refractivity contribution in [1.29, 1.82) is 0 Å². The minimum Gasteiger partial charge on any atom is -0.322 e. The SMILES string of the molecule is Cc1cc(C)c(NC(=O)c2cccc(N(C)S(C)(=O)=O)c2)c(C)c1. The fraction of sp³-hybridized carbons (Fsp3) is 0.278. The summed E-state index contributed by atoms with van der Waals surface area (Å²) in [5, 5.41) is 2.92. The molecule has 0 saturated heterocycles. The summed E-state index contributed by atoms with van der Waals surface area (Å²) in [6.45, 7) is 5.91. The van der Waals surface area contributed by atoms with Crippen LogP contribution in [0.25, 0.3) is 0 Å². The Kier molecular flexibility index (Phi) is 4.99. The number of benzene rings is 2. The lowest BCUT2D eigenvalue weighted by atomic mass is 10.0. The minimum absolute atomic E-state index is 0.270. The Morgan fingerprint density at radius 3 is 2.17 bits per heavy atom. The molecule has 0 spiro atoms. The average Bonchev–Trinajstić information content (AvgIpc) is 2.49. The van der Waals surface area contributed by atoms with Crippen molar-refractivity contribution in [3.8, 4) is 0 Å². The average molecular weight is 346 g/mol. The summed E-state index contributed by atoms with van der Waals surface area (Å²) >= 11 is 0. The van der Waals surface area contributed by atoms with Gasteiger partial charge in [0.25, 0.3) is 5.91 Å². The van der Waals surface area contributed by atoms with E-state index in [1.165, 1.54) is 7.05 Å². The van der Waals surface area contributed by atoms with Gasteiger partial charge in [-0.15, -0.1) is 0 Å². The first-order chi connectivity index (χ1) is 11.1. The van der Waals surface area contributed by atoms with Crippen molar-refractivity contribution < 1.29 is 13.2 Å². The first-order valence-corrected chi connectivity index (χ1v) is 9.37. The molecule has 2 aromatic rings. The fourth-order valence-electron chi connectivity index (χ4n) is 2.60. The first-order valence-electron chi connectivity index (χ1n) is 7.53. The van der Waals surface area contributed by atoms with Crippen LogP contribution < -0.4 is 9.62 Å². The predicted molar refractivity (Wildman–Crippen MR) is 98.3 cm³/mol. The van der Waals surface area contributed by atoms with E-state index in [9.17, 15) is 13.2 Å². The van der Waals surface area contributed by atoms with E-state index in [1.807, 2.05) is 32.9 Å². The second kappa shape index (κ2) is 6.65. The lowest BCUT2D eigenvalue weighted by Crippen LogP contribution is -2.25. The molecular formula is C18H22N2O3S. The molecular weight excluding hydrogens is 324 g/mol. The van der Waals surface area contributed by atoms with Crippen LogP contribution in [0, 0.1) is 20.8 Å². The van der Waals surface area contributed by atoms with E-state index >= 15 is 0 Å². The maximum Gasteiger partial charge on any atom is 0.255 e. The number of hydrogen-bond acceptors (Lipinski definition) is 3. The highest BCUT2D eigenvalue weighted by Gasteiger charge is 2.15. The summed E-state index contributed by atoms with van der Waals surface area (Å²) in [4.78, 5) is 12.5. The number of sulfonamides is 1. The molecule has 5 nitrogen and oxygen atoms in total. The molecule has 1 amide bonds. The van der Waals surface area contributed by atoms with Gasteiger partial charge < -0.3 is 5.32 Å². The van der Waals surface area contributed by atoms with E-state index in [1.54, 1.807) is 24.3 Å². The van der Waals surface area contributed by atoms with E-state index in [-0.39, 0.29) is 5.91 Å². The van der Waals surface area contributed by atoms with Crippen LogP contribution >= 0.6 is 0 Å². The minimum atomic E-state index is -3.37. The molecule has 0 unspecified atom stereocenters. The first kappa shape index (κ1) is 18.0. The predicted octanol–water partition coefficient (Wildman–Crippen LogP) is 3.26. The van der Waals surface area contributed by atoms with Crippen LogP contribution in [0.15, 0.2) is 36.4 Å². The molecule has 6 heteroatoms. The van der Waals surface area contributed by atoms with Crippen molar-refractivity contribution >= 4 is 27.3 Å². The smallest absolute Gasteiger partial charge is 0.255 e. The van der Waals surface area contributed by atoms with E-state index < -0.39 is 10.0 Å². The molecule has 1 N–H and O–H groups in total. The van der Waals surface area contributed by atoms with Gasteiger partial charge in [0.2, 0.25) is 10.0 Å². The van der Waals surface area contributed by atoms with Crippen molar-refractivity contribution in [2.24, 2.45) is 0 Å². The van der Waals surface area contributed by atoms with Crippen LogP contribution in [0.3, 0.4) is 0 Å². The molecule has 0 heterocycles. The summed E-state index contributed by atoms with van der Waals surface area (Å²) in [5.74, 6) is -0.270. The number of amides is 1. The van der Waals surface area contributed by atoms with Crippen molar-refractivity contribution in [3.05, 3.63) is 58.7 Å². The molecule has 0 radical (unpaired) electrons. The van der Waals surface area contributed by atoms with Crippen LogP contribution in [0.5, 0.6) is 0 Å². The monoisotopic (exact) mass is 346 g/mol. The Morgan fingerprint density at radius 2 is 1.62 bits per heavy atom. The van der Waals surface area contributed by atoms with Gasteiger partial charge in [-0.2, -0.15) is 0 Å². The third-order valence-electron chi connectivity index (χ3n) is 3.88. The largest absolute Gasteiger partial charge is 0.322 e. The summed E-state index contributed by atoms with van der Waals surface area (Å²) in [6.07, 6.45) is 1.12. The zero-order valence-electron chi connectivity index (χ0n) is 14.5. The topological polar surface area (TPSA) is 66.5 Å². The zero-order valence-corrected chi connectivity index (χ0v) is 15.4. The number of nitrogens with zero attached hydrogens (tertiary/aromatic N) is 1. The number of rotatable bonds is 4. The van der Waals surface area contributed by atoms with Gasteiger partial charge in [-0.1, -0.05) is 23.8 Å². The Hall–Kier alpha value is -2.34. The molecule has 128 valence electrons. The highest BCUT2D eigenvalue weighted by atomic mass is 32.2. The summed E-state index contributed by atoms with van der Waals surface area (Å²) < 4.78 is 24.4. The number of carbonyl (C=O) groups excluding carboxylic acids is 1. The Labute approximate surface area is 143 Å². The van der Waals surface area contributed by atoms with Crippen molar-refractivity contribution in [2.45, 2.75) is 20.8 Å². The Bertz CT molecular complexity index is 866. The van der Waals surface area contributed by atoms with E-state index in [2.05, 4.69) is 5.32 Å². The number of carbonyl (C=O) groups is 1. The van der Waals surface area contributed by atoms with Gasteiger partial charge in [0, 0.05) is 18.3 Å². The maximum atomic E-state index is 12.5. The molecule has 0 aliphatic rings. The second-order valence-electron chi connectivity index (χ2n) is 6.01. The number of nitrogens with one attached hydrogen (secondary N) is 1. The van der Waals surface area contributed by atoms with Crippen LogP contribution in [0.1, 0.15) is 27.0 Å². The van der Waals surface area contributed by atoms with Crippen LogP contribution in [0.4, 0.5) is 11.4 Å². The number of anilines is 2. The van der Waals surface area contributed by atoms with E-state index in [0.29, 0.717) is 11.3 Å². The van der Waals surface area contributed by atoms with Gasteiger partial charge >= 0.3 is 0 Å². The molecule has 24 heavy (non-hydrogen) atoms. The van der Waals surface area contributed by atoms with Crippen molar-refractivity contribution in [1.82, 2.24) is 0 Å². The van der Waals surface area contributed by atoms with Crippen molar-refractivity contribution in [3.63, 3.8) is 0 Å². The highest BCUT2D eigenvalue weighted by molar-refractivity contribution is 7.92. The number of aryl methyl sites for hydroxylation is 3. The standard InChI is InChI=1S/C18H22N2O3S/c1-12-9-13(2)17(14(3)10-12)19-18(21)15-7-6-8-16(11-15)20(4)24(5,22)23/h6-11H,1-5H3,(H,19,21). The van der Waals surface area contributed by atoms with Gasteiger partial charge in [0.15, 0.2) is 0 Å². The highest BCUT2D eigenvalue weighted by Crippen LogP contribution is 2.23. The van der Waals surface area contributed by atoms with Gasteiger partial charge in [0.1, 0.15) is 0 Å². The molecule has 0 aliphatic carbocycles. The zero-order chi connectivity index (χ0) is 18.1. The molecule has 0 saturated carbocycles. The quantitative estimate of drug-likeness (QED) is 0.924. The summed E-state index contributed by atoms with van der Waals surface area (Å²) in [5.41, 5.74) is 4.76. The molecule has 0 bridgehead atoms. The lowest BCUT2D eigenvalue weighted by Gasteiger charge is -2.18. The molecule has 0 atom stereocenters. The molecule has 2 aromatic carbocycles. The molecule has 2 rings (SSSR count). The third-order valence-corrected chi connectivity index (χ3v) is 5.09. The molecule has 0 aromatic heterocycles. The molecule has 0 fully saturated rings. The molecule has 0 aliphatic heterocycles. The summed E-state index contributed by atoms with van der Waals surface area (Å²) in [7, 11) is -1.91. The second-order valence-corrected chi connectivity index (χ2v) is 8.02. The lowest BCUT2D eigenvalue weighted by molar-refractivity contribution is 0.102. The van der Waals surface area contributed by atoms with Gasteiger partial charge in [-0.05, 0) is 50.1 Å². The van der Waals surface area contributed by atoms with Gasteiger partial charge in [-0.25, -0.2) is 8.42 Å². The fourth-order valence-corrected chi connectivity index (χ4v) is 3.09.